The van der Waals surface area contributed by atoms with Crippen molar-refractivity contribution in [1.29, 1.82) is 0 Å². The molecule has 0 saturated heterocycles. The Balaban J connectivity index is 2.23. The quantitative estimate of drug-likeness (QED) is 0.638. The van der Waals surface area contributed by atoms with Crippen molar-refractivity contribution in [3.05, 3.63) is 59.4 Å². The normalized spacial score (nSPS) is 11.0. The molecule has 19 heavy (non-hydrogen) atoms. The molecule has 2 rings (SSSR count). The lowest BCUT2D eigenvalue weighted by atomic mass is 10.0. The van der Waals surface area contributed by atoms with Crippen molar-refractivity contribution in [2.75, 3.05) is 0 Å². The molecule has 0 spiro atoms. The van der Waals surface area contributed by atoms with Crippen LogP contribution in [-0.4, -0.2) is 0 Å². The summed E-state index contributed by atoms with van der Waals surface area (Å²) in [6, 6.07) is 13.1. The van der Waals surface area contributed by atoms with E-state index in [1.807, 2.05) is 0 Å². The third kappa shape index (κ3) is 3.74. The number of halogens is 2. The Hall–Kier alpha value is -0.990. The molecule has 0 unspecified atom stereocenters. The molecule has 0 N–H and O–H groups in total. The van der Waals surface area contributed by atoms with Gasteiger partial charge in [0.05, 0.1) is 0 Å². The molecular weight excluding hydrogens is 279 g/mol. The first-order valence-corrected chi connectivity index (χ1v) is 7.57. The Morgan fingerprint density at radius 1 is 1.11 bits per heavy atom. The highest BCUT2D eigenvalue weighted by atomic mass is 35.5. The van der Waals surface area contributed by atoms with Crippen LogP contribution in [0, 0.1) is 5.82 Å². The number of rotatable bonds is 4. The van der Waals surface area contributed by atoms with Crippen LogP contribution in [0.4, 0.5) is 4.39 Å². The van der Waals surface area contributed by atoms with E-state index >= 15 is 0 Å². The third-order valence-electron chi connectivity index (χ3n) is 2.95. The first kappa shape index (κ1) is 14.4. The van der Waals surface area contributed by atoms with Crippen LogP contribution in [-0.2, 0) is 5.88 Å². The summed E-state index contributed by atoms with van der Waals surface area (Å²) >= 11 is 7.43. The van der Waals surface area contributed by atoms with Crippen LogP contribution < -0.4 is 0 Å². The predicted molar refractivity (Wildman–Crippen MR) is 80.6 cm³/mol. The number of alkyl halides is 1. The highest BCUT2D eigenvalue weighted by Gasteiger charge is 2.06. The van der Waals surface area contributed by atoms with Crippen LogP contribution >= 0.6 is 23.4 Å². The lowest BCUT2D eigenvalue weighted by molar-refractivity contribution is 0.623. The maximum absolute atomic E-state index is 13.3. The van der Waals surface area contributed by atoms with E-state index in [-0.39, 0.29) is 5.82 Å². The number of hydrogen-bond donors (Lipinski definition) is 0. The SMILES string of the molecule is CC(C)c1ccc(Sc2cc(F)ccc2CCl)cc1. The summed E-state index contributed by atoms with van der Waals surface area (Å²) in [7, 11) is 0. The number of benzene rings is 2. The largest absolute Gasteiger partial charge is 0.207 e. The van der Waals surface area contributed by atoms with Crippen molar-refractivity contribution in [2.45, 2.75) is 35.4 Å². The van der Waals surface area contributed by atoms with E-state index in [2.05, 4.69) is 38.1 Å². The van der Waals surface area contributed by atoms with Crippen molar-refractivity contribution in [1.82, 2.24) is 0 Å². The van der Waals surface area contributed by atoms with Gasteiger partial charge in [-0.05, 0) is 41.3 Å². The topological polar surface area (TPSA) is 0 Å². The van der Waals surface area contributed by atoms with Crippen molar-refractivity contribution in [3.8, 4) is 0 Å². The molecule has 0 aliphatic rings. The summed E-state index contributed by atoms with van der Waals surface area (Å²) in [5.41, 5.74) is 2.27. The van der Waals surface area contributed by atoms with E-state index in [0.717, 1.165) is 15.4 Å². The van der Waals surface area contributed by atoms with Crippen molar-refractivity contribution < 1.29 is 4.39 Å². The van der Waals surface area contributed by atoms with E-state index in [0.29, 0.717) is 11.8 Å². The predicted octanol–water partition coefficient (Wildman–Crippen LogP) is 5.84. The summed E-state index contributed by atoms with van der Waals surface area (Å²) in [5, 5.41) is 0. The minimum atomic E-state index is -0.227. The summed E-state index contributed by atoms with van der Waals surface area (Å²) in [5.74, 6) is 0.689. The summed E-state index contributed by atoms with van der Waals surface area (Å²) < 4.78 is 13.3. The fraction of sp³-hybridized carbons (Fsp3) is 0.250. The van der Waals surface area contributed by atoms with E-state index in [1.165, 1.54) is 11.6 Å². The Kier molecular flexibility index (Phi) is 4.89. The number of hydrogen-bond acceptors (Lipinski definition) is 1. The van der Waals surface area contributed by atoms with Crippen LogP contribution in [0.15, 0.2) is 52.3 Å². The molecule has 0 nitrogen and oxygen atoms in total. The molecule has 0 fully saturated rings. The summed E-state index contributed by atoms with van der Waals surface area (Å²) in [4.78, 5) is 1.98. The monoisotopic (exact) mass is 294 g/mol. The summed E-state index contributed by atoms with van der Waals surface area (Å²) in [6.45, 7) is 4.33. The second kappa shape index (κ2) is 6.44. The fourth-order valence-corrected chi connectivity index (χ4v) is 3.06. The van der Waals surface area contributed by atoms with Crippen molar-refractivity contribution in [3.63, 3.8) is 0 Å². The average molecular weight is 295 g/mol. The minimum Gasteiger partial charge on any atom is -0.207 e. The standard InChI is InChI=1S/C16H16ClFS/c1-11(2)12-4-7-15(8-5-12)19-16-9-14(18)6-3-13(16)10-17/h3-9,11H,10H2,1-2H3. The van der Waals surface area contributed by atoms with Gasteiger partial charge in [0, 0.05) is 15.7 Å². The molecule has 0 aliphatic heterocycles. The fourth-order valence-electron chi connectivity index (χ4n) is 1.78. The van der Waals surface area contributed by atoms with Gasteiger partial charge in [0.25, 0.3) is 0 Å². The van der Waals surface area contributed by atoms with Crippen molar-refractivity contribution in [2.24, 2.45) is 0 Å². The van der Waals surface area contributed by atoms with E-state index < -0.39 is 0 Å². The average Bonchev–Trinajstić information content (AvgIpc) is 2.39. The highest BCUT2D eigenvalue weighted by molar-refractivity contribution is 7.99. The molecule has 0 saturated carbocycles. The van der Waals surface area contributed by atoms with E-state index in [9.17, 15) is 4.39 Å². The van der Waals surface area contributed by atoms with Gasteiger partial charge in [-0.15, -0.1) is 11.6 Å². The highest BCUT2D eigenvalue weighted by Crippen LogP contribution is 2.32. The van der Waals surface area contributed by atoms with E-state index in [1.54, 1.807) is 23.9 Å². The minimum absolute atomic E-state index is 0.227. The molecule has 0 radical (unpaired) electrons. The van der Waals surface area contributed by atoms with Crippen LogP contribution in [0.25, 0.3) is 0 Å². The van der Waals surface area contributed by atoms with Gasteiger partial charge in [-0.2, -0.15) is 0 Å². The Bertz CT molecular complexity index is 549. The molecule has 100 valence electrons. The van der Waals surface area contributed by atoms with Gasteiger partial charge >= 0.3 is 0 Å². The molecular formula is C16H16ClFS. The zero-order valence-electron chi connectivity index (χ0n) is 11.0. The molecule has 3 heteroatoms. The second-order valence-electron chi connectivity index (χ2n) is 4.71. The van der Waals surface area contributed by atoms with Gasteiger partial charge in [-0.3, -0.25) is 0 Å². The van der Waals surface area contributed by atoms with Crippen LogP contribution in [0.1, 0.15) is 30.9 Å². The second-order valence-corrected chi connectivity index (χ2v) is 6.09. The van der Waals surface area contributed by atoms with Gasteiger partial charge in [0.15, 0.2) is 0 Å². The summed E-state index contributed by atoms with van der Waals surface area (Å²) in [6.07, 6.45) is 0. The van der Waals surface area contributed by atoms with Gasteiger partial charge in [-0.1, -0.05) is 43.8 Å². The molecule has 0 aromatic heterocycles. The lowest BCUT2D eigenvalue weighted by Gasteiger charge is -2.09. The van der Waals surface area contributed by atoms with Crippen LogP contribution in [0.3, 0.4) is 0 Å². The maximum Gasteiger partial charge on any atom is 0.124 e. The first-order valence-electron chi connectivity index (χ1n) is 6.22. The molecule has 0 atom stereocenters. The molecule has 2 aromatic rings. The molecule has 0 amide bonds. The van der Waals surface area contributed by atoms with Crippen LogP contribution in [0.2, 0.25) is 0 Å². The zero-order chi connectivity index (χ0) is 13.8. The van der Waals surface area contributed by atoms with E-state index in [4.69, 9.17) is 11.6 Å². The molecule has 0 bridgehead atoms. The van der Waals surface area contributed by atoms with Gasteiger partial charge in [0.2, 0.25) is 0 Å². The third-order valence-corrected chi connectivity index (χ3v) is 4.34. The Morgan fingerprint density at radius 2 is 1.79 bits per heavy atom. The smallest absolute Gasteiger partial charge is 0.124 e. The van der Waals surface area contributed by atoms with Gasteiger partial charge < -0.3 is 0 Å². The Morgan fingerprint density at radius 3 is 2.37 bits per heavy atom. The zero-order valence-corrected chi connectivity index (χ0v) is 12.6. The van der Waals surface area contributed by atoms with Gasteiger partial charge in [-0.25, -0.2) is 4.39 Å². The van der Waals surface area contributed by atoms with Crippen molar-refractivity contribution >= 4 is 23.4 Å². The first-order chi connectivity index (χ1) is 9.10. The van der Waals surface area contributed by atoms with Crippen LogP contribution in [0.5, 0.6) is 0 Å². The Labute approximate surface area is 123 Å². The molecule has 0 heterocycles. The maximum atomic E-state index is 13.3. The molecule has 0 aliphatic carbocycles. The van der Waals surface area contributed by atoms with Gasteiger partial charge in [0.1, 0.15) is 5.82 Å². The molecule has 2 aromatic carbocycles. The lowest BCUT2D eigenvalue weighted by Crippen LogP contribution is -1.88.